The average Bonchev–Trinajstić information content (AvgIpc) is 2.95. The van der Waals surface area contributed by atoms with Crippen LogP contribution < -0.4 is 10.6 Å². The number of carboxylic acids is 1. The number of carbonyl (C=O) groups is 2. The molecular formula is C15H20N2O3. The third-order valence-electron chi connectivity index (χ3n) is 3.66. The van der Waals surface area contributed by atoms with Crippen LogP contribution in [-0.4, -0.2) is 23.1 Å². The van der Waals surface area contributed by atoms with Crippen molar-refractivity contribution in [3.63, 3.8) is 0 Å². The summed E-state index contributed by atoms with van der Waals surface area (Å²) in [5.74, 6) is -0.807. The number of aryl methyl sites for hydroxylation is 1. The first kappa shape index (κ1) is 14.4. The molecule has 2 rings (SSSR count). The van der Waals surface area contributed by atoms with Gasteiger partial charge < -0.3 is 15.7 Å². The summed E-state index contributed by atoms with van der Waals surface area (Å²) in [6, 6.07) is 7.29. The molecule has 1 aliphatic rings. The number of benzene rings is 1. The minimum Gasteiger partial charge on any atom is -0.481 e. The summed E-state index contributed by atoms with van der Waals surface area (Å²) in [5.41, 5.74) is 1.86. The minimum absolute atomic E-state index is 0.115. The number of hydrogen-bond donors (Lipinski definition) is 3. The molecule has 0 aliphatic heterocycles. The van der Waals surface area contributed by atoms with Gasteiger partial charge in [-0.25, -0.2) is 4.79 Å². The van der Waals surface area contributed by atoms with E-state index < -0.39 is 5.97 Å². The van der Waals surface area contributed by atoms with Crippen LogP contribution in [0, 0.1) is 5.41 Å². The van der Waals surface area contributed by atoms with Crippen LogP contribution >= 0.6 is 0 Å². The molecule has 0 radical (unpaired) electrons. The van der Waals surface area contributed by atoms with Crippen LogP contribution in [0.4, 0.5) is 10.5 Å². The Morgan fingerprint density at radius 2 is 1.90 bits per heavy atom. The van der Waals surface area contributed by atoms with E-state index in [1.807, 2.05) is 12.1 Å². The quantitative estimate of drug-likeness (QED) is 0.773. The highest BCUT2D eigenvalue weighted by atomic mass is 16.4. The molecule has 0 saturated heterocycles. The van der Waals surface area contributed by atoms with E-state index in [2.05, 4.69) is 24.5 Å². The second-order valence-electron chi connectivity index (χ2n) is 5.93. The highest BCUT2D eigenvalue weighted by Crippen LogP contribution is 2.44. The highest BCUT2D eigenvalue weighted by Gasteiger charge is 2.46. The Labute approximate surface area is 118 Å². The monoisotopic (exact) mass is 276 g/mol. The Kier molecular flexibility index (Phi) is 3.97. The van der Waals surface area contributed by atoms with E-state index in [0.29, 0.717) is 12.1 Å². The lowest BCUT2D eigenvalue weighted by molar-refractivity contribution is -0.136. The number of carbonyl (C=O) groups excluding carboxylic acids is 1. The topological polar surface area (TPSA) is 78.4 Å². The lowest BCUT2D eigenvalue weighted by Gasteiger charge is -2.09. The second kappa shape index (κ2) is 5.53. The van der Waals surface area contributed by atoms with Crippen molar-refractivity contribution in [1.29, 1.82) is 0 Å². The summed E-state index contributed by atoms with van der Waals surface area (Å²) < 4.78 is 0. The number of rotatable bonds is 5. The number of urea groups is 1. The number of anilines is 1. The van der Waals surface area contributed by atoms with Crippen molar-refractivity contribution in [2.24, 2.45) is 5.41 Å². The average molecular weight is 276 g/mol. The zero-order chi connectivity index (χ0) is 14.8. The third-order valence-corrected chi connectivity index (χ3v) is 3.66. The molecule has 1 aromatic rings. The van der Waals surface area contributed by atoms with Crippen molar-refractivity contribution in [3.8, 4) is 0 Å². The SMILES string of the molecule is CC1(C)CC1NC(=O)Nc1ccc(CCC(=O)O)cc1. The van der Waals surface area contributed by atoms with Gasteiger partial charge in [-0.05, 0) is 36.0 Å². The molecule has 0 heterocycles. The molecule has 1 atom stereocenters. The predicted molar refractivity (Wildman–Crippen MR) is 76.7 cm³/mol. The smallest absolute Gasteiger partial charge is 0.319 e. The van der Waals surface area contributed by atoms with Crippen LogP contribution in [0.1, 0.15) is 32.3 Å². The molecular weight excluding hydrogens is 256 g/mol. The molecule has 1 unspecified atom stereocenters. The fraction of sp³-hybridized carbons (Fsp3) is 0.467. The van der Waals surface area contributed by atoms with Crippen molar-refractivity contribution in [3.05, 3.63) is 29.8 Å². The van der Waals surface area contributed by atoms with Crippen molar-refractivity contribution < 1.29 is 14.7 Å². The molecule has 0 bridgehead atoms. The van der Waals surface area contributed by atoms with Gasteiger partial charge in [0.2, 0.25) is 0 Å². The Morgan fingerprint density at radius 3 is 2.40 bits per heavy atom. The predicted octanol–water partition coefficient (Wildman–Crippen LogP) is 2.62. The van der Waals surface area contributed by atoms with Gasteiger partial charge in [0.25, 0.3) is 0 Å². The maximum absolute atomic E-state index is 11.8. The van der Waals surface area contributed by atoms with E-state index in [9.17, 15) is 9.59 Å². The summed E-state index contributed by atoms with van der Waals surface area (Å²) in [4.78, 5) is 22.2. The van der Waals surface area contributed by atoms with Crippen molar-refractivity contribution in [2.45, 2.75) is 39.2 Å². The maximum Gasteiger partial charge on any atom is 0.319 e. The van der Waals surface area contributed by atoms with Gasteiger partial charge in [-0.15, -0.1) is 0 Å². The number of aliphatic carboxylic acids is 1. The standard InChI is InChI=1S/C15H20N2O3/c1-15(2)9-12(15)17-14(20)16-11-6-3-10(4-7-11)5-8-13(18)19/h3-4,6-7,12H,5,8-9H2,1-2H3,(H,18,19)(H2,16,17,20). The highest BCUT2D eigenvalue weighted by molar-refractivity contribution is 5.89. The number of amides is 2. The fourth-order valence-corrected chi connectivity index (χ4v) is 2.05. The number of hydrogen-bond acceptors (Lipinski definition) is 2. The van der Waals surface area contributed by atoms with Crippen LogP contribution in [0.25, 0.3) is 0 Å². The molecule has 1 aliphatic carbocycles. The van der Waals surface area contributed by atoms with Gasteiger partial charge in [-0.1, -0.05) is 26.0 Å². The minimum atomic E-state index is -0.807. The van der Waals surface area contributed by atoms with Gasteiger partial charge in [-0.3, -0.25) is 4.79 Å². The van der Waals surface area contributed by atoms with Gasteiger partial charge in [-0.2, -0.15) is 0 Å². The van der Waals surface area contributed by atoms with Gasteiger partial charge in [0.1, 0.15) is 0 Å². The van der Waals surface area contributed by atoms with Gasteiger partial charge in [0.05, 0.1) is 0 Å². The van der Waals surface area contributed by atoms with Crippen molar-refractivity contribution in [1.82, 2.24) is 5.32 Å². The molecule has 1 aromatic carbocycles. The molecule has 108 valence electrons. The third kappa shape index (κ3) is 3.98. The Balaban J connectivity index is 1.81. The van der Waals surface area contributed by atoms with Crippen LogP contribution in [0.3, 0.4) is 0 Å². The molecule has 2 amide bonds. The number of carboxylic acid groups (broad SMARTS) is 1. The van der Waals surface area contributed by atoms with Gasteiger partial charge >= 0.3 is 12.0 Å². The Morgan fingerprint density at radius 1 is 1.30 bits per heavy atom. The Bertz CT molecular complexity index is 508. The zero-order valence-corrected chi connectivity index (χ0v) is 11.8. The van der Waals surface area contributed by atoms with E-state index >= 15 is 0 Å². The fourth-order valence-electron chi connectivity index (χ4n) is 2.05. The first-order valence-corrected chi connectivity index (χ1v) is 6.75. The first-order chi connectivity index (χ1) is 9.37. The first-order valence-electron chi connectivity index (χ1n) is 6.75. The van der Waals surface area contributed by atoms with Crippen LogP contribution in [0.5, 0.6) is 0 Å². The summed E-state index contributed by atoms with van der Waals surface area (Å²) >= 11 is 0. The van der Waals surface area contributed by atoms with Crippen LogP contribution in [0.2, 0.25) is 0 Å². The van der Waals surface area contributed by atoms with E-state index in [0.717, 1.165) is 12.0 Å². The van der Waals surface area contributed by atoms with Crippen molar-refractivity contribution in [2.75, 3.05) is 5.32 Å². The molecule has 5 heteroatoms. The van der Waals surface area contributed by atoms with Gasteiger partial charge in [0, 0.05) is 18.2 Å². The van der Waals surface area contributed by atoms with E-state index in [1.54, 1.807) is 12.1 Å². The molecule has 1 fully saturated rings. The summed E-state index contributed by atoms with van der Waals surface area (Å²) in [6.45, 7) is 4.24. The second-order valence-corrected chi connectivity index (χ2v) is 5.93. The zero-order valence-electron chi connectivity index (χ0n) is 11.8. The molecule has 20 heavy (non-hydrogen) atoms. The van der Waals surface area contributed by atoms with Gasteiger partial charge in [0.15, 0.2) is 0 Å². The molecule has 1 saturated carbocycles. The molecule has 0 spiro atoms. The van der Waals surface area contributed by atoms with E-state index in [4.69, 9.17) is 5.11 Å². The van der Waals surface area contributed by atoms with E-state index in [-0.39, 0.29) is 23.9 Å². The summed E-state index contributed by atoms with van der Waals surface area (Å²) in [5, 5.41) is 14.3. The normalized spacial score (nSPS) is 19.2. The van der Waals surface area contributed by atoms with E-state index in [1.165, 1.54) is 0 Å². The maximum atomic E-state index is 11.8. The lowest BCUT2D eigenvalue weighted by atomic mass is 10.1. The molecule has 5 nitrogen and oxygen atoms in total. The van der Waals surface area contributed by atoms with Crippen LogP contribution in [-0.2, 0) is 11.2 Å². The van der Waals surface area contributed by atoms with Crippen molar-refractivity contribution >= 4 is 17.7 Å². The largest absolute Gasteiger partial charge is 0.481 e. The van der Waals surface area contributed by atoms with Crippen LogP contribution in [0.15, 0.2) is 24.3 Å². The molecule has 3 N–H and O–H groups in total. The lowest BCUT2D eigenvalue weighted by Crippen LogP contribution is -2.32. The molecule has 0 aromatic heterocycles. The Hall–Kier alpha value is -2.04. The summed E-state index contributed by atoms with van der Waals surface area (Å²) in [6.07, 6.45) is 1.62. The summed E-state index contributed by atoms with van der Waals surface area (Å²) in [7, 11) is 0. The number of nitrogens with one attached hydrogen (secondary N) is 2.